The average molecular weight is 419 g/mol. The summed E-state index contributed by atoms with van der Waals surface area (Å²) in [6.45, 7) is 0.783. The second-order valence-electron chi connectivity index (χ2n) is 7.09. The van der Waals surface area contributed by atoms with E-state index in [1.54, 1.807) is 11.0 Å². The lowest BCUT2D eigenvalue weighted by Gasteiger charge is -2.31. The molecule has 0 saturated carbocycles. The highest BCUT2D eigenvalue weighted by Crippen LogP contribution is 2.32. The monoisotopic (exact) mass is 419 g/mol. The molecule has 1 atom stereocenters. The van der Waals surface area contributed by atoms with Gasteiger partial charge in [0.05, 0.1) is 17.0 Å². The van der Waals surface area contributed by atoms with E-state index in [0.29, 0.717) is 37.4 Å². The number of hydrogen-bond acceptors (Lipinski definition) is 4. The summed E-state index contributed by atoms with van der Waals surface area (Å²) >= 11 is 0. The van der Waals surface area contributed by atoms with Crippen LogP contribution < -0.4 is 0 Å². The molecule has 0 aliphatic carbocycles. The van der Waals surface area contributed by atoms with Crippen LogP contribution in [0.1, 0.15) is 40.6 Å². The maximum atomic E-state index is 13.9. The number of nitrogens with zero attached hydrogens (tertiary/aromatic N) is 3. The van der Waals surface area contributed by atoms with Crippen LogP contribution in [0.4, 0.5) is 17.6 Å². The highest BCUT2D eigenvalue weighted by atomic mass is 19.4. The van der Waals surface area contributed by atoms with Crippen LogP contribution >= 0.6 is 0 Å². The van der Waals surface area contributed by atoms with Crippen molar-refractivity contribution in [1.82, 2.24) is 15.1 Å². The van der Waals surface area contributed by atoms with Crippen LogP contribution in [0.15, 0.2) is 52.9 Å². The van der Waals surface area contributed by atoms with Crippen molar-refractivity contribution in [3.63, 3.8) is 0 Å². The number of benzene rings is 2. The maximum absolute atomic E-state index is 13.9. The van der Waals surface area contributed by atoms with Gasteiger partial charge in [-0.1, -0.05) is 12.1 Å². The van der Waals surface area contributed by atoms with E-state index >= 15 is 0 Å². The van der Waals surface area contributed by atoms with Gasteiger partial charge in [-0.3, -0.25) is 4.79 Å². The van der Waals surface area contributed by atoms with Gasteiger partial charge in [-0.15, -0.1) is 10.2 Å². The molecule has 1 aromatic heterocycles. The third-order valence-electron chi connectivity index (χ3n) is 5.06. The third kappa shape index (κ3) is 4.05. The summed E-state index contributed by atoms with van der Waals surface area (Å²) in [5.74, 6) is -0.801. The predicted octanol–water partition coefficient (Wildman–Crippen LogP) is 4.91. The molecule has 1 unspecified atom stereocenters. The minimum Gasteiger partial charge on any atom is -0.420 e. The van der Waals surface area contributed by atoms with Crippen molar-refractivity contribution < 1.29 is 26.8 Å². The highest BCUT2D eigenvalue weighted by Gasteiger charge is 2.31. The number of carbonyl (C=O) groups is 1. The van der Waals surface area contributed by atoms with Gasteiger partial charge in [-0.2, -0.15) is 13.2 Å². The van der Waals surface area contributed by atoms with Crippen LogP contribution in [-0.4, -0.2) is 34.1 Å². The van der Waals surface area contributed by atoms with Gasteiger partial charge >= 0.3 is 6.18 Å². The van der Waals surface area contributed by atoms with Crippen molar-refractivity contribution in [2.75, 3.05) is 13.1 Å². The van der Waals surface area contributed by atoms with Gasteiger partial charge in [-0.05, 0) is 49.2 Å². The Morgan fingerprint density at radius 3 is 2.50 bits per heavy atom. The molecule has 1 aliphatic heterocycles. The van der Waals surface area contributed by atoms with E-state index in [0.717, 1.165) is 12.1 Å². The van der Waals surface area contributed by atoms with E-state index in [4.69, 9.17) is 4.42 Å². The van der Waals surface area contributed by atoms with Gasteiger partial charge in [0.1, 0.15) is 5.82 Å². The van der Waals surface area contributed by atoms with Gasteiger partial charge < -0.3 is 9.32 Å². The van der Waals surface area contributed by atoms with Crippen molar-refractivity contribution in [3.8, 4) is 11.5 Å². The molecular formula is C21H17F4N3O2. The molecule has 2 heterocycles. The van der Waals surface area contributed by atoms with E-state index in [1.807, 2.05) is 0 Å². The number of rotatable bonds is 3. The Labute approximate surface area is 169 Å². The number of aromatic nitrogens is 2. The van der Waals surface area contributed by atoms with E-state index < -0.39 is 23.5 Å². The third-order valence-corrected chi connectivity index (χ3v) is 5.06. The van der Waals surface area contributed by atoms with E-state index in [-0.39, 0.29) is 17.4 Å². The summed E-state index contributed by atoms with van der Waals surface area (Å²) in [5, 5.41) is 7.95. The first kappa shape index (κ1) is 20.1. The molecule has 30 heavy (non-hydrogen) atoms. The van der Waals surface area contributed by atoms with Crippen LogP contribution in [0.25, 0.3) is 11.5 Å². The van der Waals surface area contributed by atoms with E-state index in [1.165, 1.54) is 30.3 Å². The summed E-state index contributed by atoms with van der Waals surface area (Å²) in [5.41, 5.74) is -0.383. The molecule has 156 valence electrons. The van der Waals surface area contributed by atoms with Gasteiger partial charge in [0.15, 0.2) is 0 Å². The van der Waals surface area contributed by atoms with Crippen LogP contribution in [0.5, 0.6) is 0 Å². The van der Waals surface area contributed by atoms with Crippen LogP contribution in [0.2, 0.25) is 0 Å². The van der Waals surface area contributed by atoms with Crippen molar-refractivity contribution >= 4 is 5.91 Å². The lowest BCUT2D eigenvalue weighted by molar-refractivity contribution is -0.137. The second kappa shape index (κ2) is 7.89. The Kier molecular flexibility index (Phi) is 5.27. The SMILES string of the molecule is O=C(c1ccccc1F)N1CCCC(c2nnc(-c3ccc(C(F)(F)F)cc3)o2)C1. The second-order valence-corrected chi connectivity index (χ2v) is 7.09. The number of amides is 1. The Morgan fingerprint density at radius 1 is 1.07 bits per heavy atom. The van der Waals surface area contributed by atoms with Gasteiger partial charge in [0, 0.05) is 18.7 Å². The molecule has 0 radical (unpaired) electrons. The zero-order chi connectivity index (χ0) is 21.3. The molecule has 9 heteroatoms. The molecular weight excluding hydrogens is 402 g/mol. The fourth-order valence-corrected chi connectivity index (χ4v) is 3.49. The first-order valence-corrected chi connectivity index (χ1v) is 9.38. The van der Waals surface area contributed by atoms with Gasteiger partial charge in [-0.25, -0.2) is 4.39 Å². The Bertz CT molecular complexity index is 1050. The molecule has 0 bridgehead atoms. The molecule has 1 fully saturated rings. The van der Waals surface area contributed by atoms with Crippen molar-refractivity contribution in [3.05, 3.63) is 71.4 Å². The van der Waals surface area contributed by atoms with Crippen LogP contribution in [0, 0.1) is 5.82 Å². The first-order valence-electron chi connectivity index (χ1n) is 9.38. The fraction of sp³-hybridized carbons (Fsp3) is 0.286. The maximum Gasteiger partial charge on any atom is 0.416 e. The predicted molar refractivity (Wildman–Crippen MR) is 99.0 cm³/mol. The summed E-state index contributed by atoms with van der Waals surface area (Å²) < 4.78 is 57.8. The summed E-state index contributed by atoms with van der Waals surface area (Å²) in [6, 6.07) is 10.3. The topological polar surface area (TPSA) is 59.2 Å². The summed E-state index contributed by atoms with van der Waals surface area (Å²) in [7, 11) is 0. The zero-order valence-electron chi connectivity index (χ0n) is 15.7. The lowest BCUT2D eigenvalue weighted by atomic mass is 9.97. The fourth-order valence-electron chi connectivity index (χ4n) is 3.49. The Balaban J connectivity index is 1.49. The molecule has 0 N–H and O–H groups in total. The van der Waals surface area contributed by atoms with E-state index in [2.05, 4.69) is 10.2 Å². The normalized spacial score (nSPS) is 17.2. The van der Waals surface area contributed by atoms with E-state index in [9.17, 15) is 22.4 Å². The van der Waals surface area contributed by atoms with Gasteiger partial charge in [0.2, 0.25) is 11.8 Å². The number of piperidine rings is 1. The molecule has 0 spiro atoms. The van der Waals surface area contributed by atoms with Crippen molar-refractivity contribution in [2.24, 2.45) is 0 Å². The highest BCUT2D eigenvalue weighted by molar-refractivity contribution is 5.94. The Morgan fingerprint density at radius 2 is 1.80 bits per heavy atom. The Hall–Kier alpha value is -3.23. The average Bonchev–Trinajstić information content (AvgIpc) is 3.24. The van der Waals surface area contributed by atoms with Crippen LogP contribution in [0.3, 0.4) is 0 Å². The largest absolute Gasteiger partial charge is 0.420 e. The zero-order valence-corrected chi connectivity index (χ0v) is 15.7. The number of halogens is 4. The smallest absolute Gasteiger partial charge is 0.416 e. The molecule has 3 aromatic rings. The molecule has 1 aliphatic rings. The number of alkyl halides is 3. The quantitative estimate of drug-likeness (QED) is 0.566. The van der Waals surface area contributed by atoms with Gasteiger partial charge in [0.25, 0.3) is 5.91 Å². The molecule has 1 saturated heterocycles. The number of likely N-dealkylation sites (tertiary alicyclic amines) is 1. The molecule has 1 amide bonds. The first-order chi connectivity index (χ1) is 14.3. The van der Waals surface area contributed by atoms with Crippen molar-refractivity contribution in [2.45, 2.75) is 24.9 Å². The van der Waals surface area contributed by atoms with Crippen LogP contribution in [-0.2, 0) is 6.18 Å². The molecule has 4 rings (SSSR count). The summed E-state index contributed by atoms with van der Waals surface area (Å²) in [4.78, 5) is 14.2. The molecule has 2 aromatic carbocycles. The number of carbonyl (C=O) groups excluding carboxylic acids is 1. The minimum absolute atomic E-state index is 0.00845. The van der Waals surface area contributed by atoms with Crippen molar-refractivity contribution in [1.29, 1.82) is 0 Å². The molecule has 5 nitrogen and oxygen atoms in total. The standard InChI is InChI=1S/C21H17F4N3O2/c22-17-6-2-1-5-16(17)20(29)28-11-3-4-14(12-28)19-27-26-18(30-19)13-7-9-15(10-8-13)21(23,24)25/h1-2,5-10,14H,3-4,11-12H2. The summed E-state index contributed by atoms with van der Waals surface area (Å²) in [6.07, 6.45) is -3.03. The number of hydrogen-bond donors (Lipinski definition) is 0. The minimum atomic E-state index is -4.42. The lowest BCUT2D eigenvalue weighted by Crippen LogP contribution is -2.39.